The second kappa shape index (κ2) is 5.52. The van der Waals surface area contributed by atoms with Crippen molar-refractivity contribution in [2.45, 2.75) is 77.9 Å². The van der Waals surface area contributed by atoms with Crippen molar-refractivity contribution >= 4 is 5.97 Å². The molecule has 3 aliphatic carbocycles. The SMILES string of the molecule is C=C1CC/C=C(\C)CC[C@@H]2[C@@H]1[C@@H]1OC(C)=C3C(=O)OC(C)(C)[C@@H]4CCC21[C@@H]34. The first kappa shape index (κ1) is 17.6. The average molecular weight is 369 g/mol. The van der Waals surface area contributed by atoms with Crippen LogP contribution in [0.3, 0.4) is 0 Å². The summed E-state index contributed by atoms with van der Waals surface area (Å²) in [4.78, 5) is 12.9. The number of esters is 1. The lowest BCUT2D eigenvalue weighted by molar-refractivity contribution is -0.228. The van der Waals surface area contributed by atoms with Gasteiger partial charge in [0.25, 0.3) is 0 Å². The molecule has 5 aliphatic rings. The van der Waals surface area contributed by atoms with Gasteiger partial charge in [0.05, 0.1) is 5.57 Å². The first-order chi connectivity index (χ1) is 12.8. The fraction of sp³-hybridized carbons (Fsp3) is 0.708. The van der Waals surface area contributed by atoms with Gasteiger partial charge >= 0.3 is 5.97 Å². The molecule has 0 N–H and O–H groups in total. The standard InChI is InChI=1S/C24H32O3/c1-13-7-6-8-14(2)18-16(10-9-13)24-12-11-17-20(24)19(15(3)26-21(18)24)22(25)27-23(17,4)5/h7,16-18,20-21H,2,6,8-12H2,1,3-5H3/b13-7+/t16-,17-,18-,20-,21+,24?/m1/s1. The van der Waals surface area contributed by atoms with Crippen LogP contribution in [0.1, 0.15) is 66.2 Å². The van der Waals surface area contributed by atoms with E-state index in [4.69, 9.17) is 9.47 Å². The Kier molecular flexibility index (Phi) is 3.59. The number of ether oxygens (including phenoxy) is 2. The van der Waals surface area contributed by atoms with Gasteiger partial charge in [0, 0.05) is 23.2 Å². The molecule has 0 aromatic carbocycles. The Hall–Kier alpha value is -1.51. The van der Waals surface area contributed by atoms with Gasteiger partial charge in [-0.3, -0.25) is 0 Å². The van der Waals surface area contributed by atoms with E-state index < -0.39 is 0 Å². The second-order valence-corrected chi connectivity index (χ2v) is 10.2. The van der Waals surface area contributed by atoms with Crippen LogP contribution in [0, 0.1) is 29.1 Å². The van der Waals surface area contributed by atoms with Crippen molar-refractivity contribution in [2.75, 3.05) is 0 Å². The molecule has 27 heavy (non-hydrogen) atoms. The van der Waals surface area contributed by atoms with Crippen molar-refractivity contribution in [1.82, 2.24) is 0 Å². The first-order valence-electron chi connectivity index (χ1n) is 10.7. The van der Waals surface area contributed by atoms with Crippen LogP contribution in [0.15, 0.2) is 35.1 Å². The predicted molar refractivity (Wildman–Crippen MR) is 105 cm³/mol. The van der Waals surface area contributed by atoms with Crippen LogP contribution in [0.2, 0.25) is 0 Å². The number of carbonyl (C=O) groups excluding carboxylic acids is 1. The number of cyclic esters (lactones) is 1. The summed E-state index contributed by atoms with van der Waals surface area (Å²) in [5.41, 5.74) is 3.44. The zero-order chi connectivity index (χ0) is 19.1. The molecule has 146 valence electrons. The smallest absolute Gasteiger partial charge is 0.338 e. The second-order valence-electron chi connectivity index (χ2n) is 10.2. The minimum absolute atomic E-state index is 0.106. The van der Waals surface area contributed by atoms with Crippen molar-refractivity contribution in [1.29, 1.82) is 0 Å². The minimum atomic E-state index is -0.382. The third-order valence-electron chi connectivity index (χ3n) is 8.59. The van der Waals surface area contributed by atoms with Gasteiger partial charge in [-0.05, 0) is 72.1 Å². The summed E-state index contributed by atoms with van der Waals surface area (Å²) in [6.07, 6.45) is 9.39. The Morgan fingerprint density at radius 1 is 1.15 bits per heavy atom. The maximum atomic E-state index is 12.9. The quantitative estimate of drug-likeness (QED) is 0.428. The molecule has 0 aromatic rings. The van der Waals surface area contributed by atoms with Crippen molar-refractivity contribution < 1.29 is 14.3 Å². The van der Waals surface area contributed by atoms with E-state index in [1.165, 1.54) is 17.6 Å². The van der Waals surface area contributed by atoms with E-state index in [2.05, 4.69) is 33.4 Å². The van der Waals surface area contributed by atoms with Gasteiger partial charge < -0.3 is 9.47 Å². The molecule has 1 spiro atoms. The molecule has 3 heteroatoms. The van der Waals surface area contributed by atoms with E-state index in [1.54, 1.807) is 0 Å². The van der Waals surface area contributed by atoms with Crippen molar-refractivity contribution in [3.05, 3.63) is 35.1 Å². The Labute approximate surface area is 162 Å². The summed E-state index contributed by atoms with van der Waals surface area (Å²) in [7, 11) is 0. The van der Waals surface area contributed by atoms with E-state index in [-0.39, 0.29) is 23.1 Å². The molecule has 1 unspecified atom stereocenters. The summed E-state index contributed by atoms with van der Waals surface area (Å²) in [6.45, 7) is 12.9. The normalized spacial score (nSPS) is 47.0. The highest BCUT2D eigenvalue weighted by Crippen LogP contribution is 2.74. The fourth-order valence-electron chi connectivity index (χ4n) is 7.43. The first-order valence-corrected chi connectivity index (χ1v) is 10.7. The van der Waals surface area contributed by atoms with Gasteiger partial charge in [-0.2, -0.15) is 0 Å². The molecule has 3 nitrogen and oxygen atoms in total. The topological polar surface area (TPSA) is 35.5 Å². The number of fused-ring (bicyclic) bond motifs is 2. The fourth-order valence-corrected chi connectivity index (χ4v) is 7.43. The Morgan fingerprint density at radius 3 is 2.70 bits per heavy atom. The van der Waals surface area contributed by atoms with Crippen molar-refractivity contribution in [2.24, 2.45) is 29.1 Å². The number of hydrogen-bond acceptors (Lipinski definition) is 3. The lowest BCUT2D eigenvalue weighted by Crippen LogP contribution is -2.68. The van der Waals surface area contributed by atoms with E-state index in [1.807, 2.05) is 6.92 Å². The molecule has 6 atom stereocenters. The van der Waals surface area contributed by atoms with Crippen LogP contribution in [0.4, 0.5) is 0 Å². The predicted octanol–water partition coefficient (Wildman–Crippen LogP) is 5.33. The molecule has 3 fully saturated rings. The summed E-state index contributed by atoms with van der Waals surface area (Å²) in [5.74, 6) is 2.40. The highest BCUT2D eigenvalue weighted by atomic mass is 16.6. The van der Waals surface area contributed by atoms with Crippen LogP contribution in [-0.4, -0.2) is 17.7 Å². The lowest BCUT2D eigenvalue weighted by Gasteiger charge is -2.66. The van der Waals surface area contributed by atoms with Crippen LogP contribution >= 0.6 is 0 Å². The largest absolute Gasteiger partial charge is 0.493 e. The third kappa shape index (κ3) is 2.12. The van der Waals surface area contributed by atoms with Gasteiger partial charge in [-0.25, -0.2) is 4.79 Å². The molecule has 2 aliphatic heterocycles. The lowest BCUT2D eigenvalue weighted by atomic mass is 9.42. The molecule has 0 amide bonds. The van der Waals surface area contributed by atoms with E-state index >= 15 is 0 Å². The summed E-state index contributed by atoms with van der Waals surface area (Å²) < 4.78 is 12.4. The maximum Gasteiger partial charge on any atom is 0.338 e. The molecule has 0 radical (unpaired) electrons. The highest BCUT2D eigenvalue weighted by Gasteiger charge is 2.75. The van der Waals surface area contributed by atoms with Gasteiger partial charge in [-0.15, -0.1) is 0 Å². The minimum Gasteiger partial charge on any atom is -0.493 e. The van der Waals surface area contributed by atoms with Crippen LogP contribution in [0.5, 0.6) is 0 Å². The molecule has 5 rings (SSSR count). The molecule has 2 saturated carbocycles. The Morgan fingerprint density at radius 2 is 1.93 bits per heavy atom. The monoisotopic (exact) mass is 368 g/mol. The maximum absolute atomic E-state index is 12.9. The van der Waals surface area contributed by atoms with Crippen molar-refractivity contribution in [3.8, 4) is 0 Å². The number of allylic oxidation sites excluding steroid dienone is 3. The number of carbonyl (C=O) groups is 1. The summed E-state index contributed by atoms with van der Waals surface area (Å²) >= 11 is 0. The van der Waals surface area contributed by atoms with Crippen LogP contribution in [0.25, 0.3) is 0 Å². The highest BCUT2D eigenvalue weighted by molar-refractivity contribution is 5.91. The average Bonchev–Trinajstić information content (AvgIpc) is 3.00. The van der Waals surface area contributed by atoms with E-state index in [0.29, 0.717) is 23.7 Å². The van der Waals surface area contributed by atoms with Crippen molar-refractivity contribution in [3.63, 3.8) is 0 Å². The summed E-state index contributed by atoms with van der Waals surface area (Å²) in [6, 6.07) is 0. The molecular weight excluding hydrogens is 336 g/mol. The van der Waals surface area contributed by atoms with Gasteiger partial charge in [0.15, 0.2) is 0 Å². The Bertz CT molecular complexity index is 785. The molecule has 0 aromatic heterocycles. The molecule has 2 heterocycles. The zero-order valence-electron chi connectivity index (χ0n) is 17.1. The summed E-state index contributed by atoms with van der Waals surface area (Å²) in [5, 5.41) is 0. The van der Waals surface area contributed by atoms with Crippen LogP contribution in [-0.2, 0) is 14.3 Å². The number of hydrogen-bond donors (Lipinski definition) is 0. The third-order valence-corrected chi connectivity index (χ3v) is 8.59. The van der Waals surface area contributed by atoms with Crippen LogP contribution < -0.4 is 0 Å². The molecule has 1 saturated heterocycles. The van der Waals surface area contributed by atoms with E-state index in [0.717, 1.165) is 43.4 Å². The molecular formula is C24H32O3. The van der Waals surface area contributed by atoms with Gasteiger partial charge in [0.2, 0.25) is 0 Å². The number of rotatable bonds is 0. The zero-order valence-corrected chi connectivity index (χ0v) is 17.1. The van der Waals surface area contributed by atoms with E-state index in [9.17, 15) is 4.79 Å². The molecule has 0 bridgehead atoms. The van der Waals surface area contributed by atoms with Gasteiger partial charge in [0.1, 0.15) is 17.5 Å². The van der Waals surface area contributed by atoms with Gasteiger partial charge in [-0.1, -0.05) is 23.8 Å². The Balaban J connectivity index is 1.62.